The minimum atomic E-state index is -3.76. The zero-order valence-electron chi connectivity index (χ0n) is 13.9. The lowest BCUT2D eigenvalue weighted by atomic mass is 9.97. The number of carbonyl (C=O) groups is 1. The van der Waals surface area contributed by atoms with Gasteiger partial charge in [0.2, 0.25) is 15.9 Å². The summed E-state index contributed by atoms with van der Waals surface area (Å²) in [5.41, 5.74) is 0. The van der Waals surface area contributed by atoms with Gasteiger partial charge in [-0.2, -0.15) is 4.31 Å². The number of benzene rings is 1. The minimum absolute atomic E-state index is 0.0207. The molecule has 2 heterocycles. The molecule has 1 aromatic heterocycles. The van der Waals surface area contributed by atoms with Crippen molar-refractivity contribution in [1.29, 1.82) is 0 Å². The molecule has 1 aliphatic heterocycles. The number of nitrogens with zero attached hydrogens (tertiary/aromatic N) is 2. The molecule has 1 aliphatic rings. The largest absolute Gasteiger partial charge is 0.360 e. The molecule has 1 N–H and O–H groups in total. The molecule has 0 unspecified atom stereocenters. The number of aryl methyl sites for hydroxylation is 1. The van der Waals surface area contributed by atoms with Crippen molar-refractivity contribution < 1.29 is 17.7 Å². The van der Waals surface area contributed by atoms with Crippen LogP contribution in [-0.2, 0) is 14.8 Å². The van der Waals surface area contributed by atoms with E-state index in [1.54, 1.807) is 13.0 Å². The molecule has 0 radical (unpaired) electrons. The molecule has 0 saturated carbocycles. The number of aromatic nitrogens is 1. The van der Waals surface area contributed by atoms with Crippen LogP contribution in [0.1, 0.15) is 18.6 Å². The topological polar surface area (TPSA) is 92.5 Å². The first-order chi connectivity index (χ1) is 12.3. The van der Waals surface area contributed by atoms with Crippen LogP contribution in [0.5, 0.6) is 0 Å². The molecule has 26 heavy (non-hydrogen) atoms. The molecule has 1 saturated heterocycles. The van der Waals surface area contributed by atoms with Gasteiger partial charge in [0.25, 0.3) is 0 Å². The number of piperidine rings is 1. The maximum Gasteiger partial charge on any atom is 0.244 e. The lowest BCUT2D eigenvalue weighted by Gasteiger charge is -2.30. The fourth-order valence-electron chi connectivity index (χ4n) is 2.83. The quantitative estimate of drug-likeness (QED) is 0.823. The van der Waals surface area contributed by atoms with Crippen molar-refractivity contribution in [3.05, 3.63) is 40.1 Å². The van der Waals surface area contributed by atoms with Crippen LogP contribution in [0.25, 0.3) is 0 Å². The van der Waals surface area contributed by atoms with E-state index in [-0.39, 0.29) is 34.8 Å². The van der Waals surface area contributed by atoms with Crippen LogP contribution in [0.2, 0.25) is 10.0 Å². The molecular formula is C16H17Cl2N3O4S. The Morgan fingerprint density at radius 3 is 2.58 bits per heavy atom. The van der Waals surface area contributed by atoms with E-state index in [0.29, 0.717) is 29.4 Å². The molecule has 0 bridgehead atoms. The average Bonchev–Trinajstić information content (AvgIpc) is 3.02. The molecule has 140 valence electrons. The van der Waals surface area contributed by atoms with Crippen molar-refractivity contribution >= 4 is 45.0 Å². The van der Waals surface area contributed by atoms with E-state index in [4.69, 9.17) is 27.7 Å². The third-order valence-corrected chi connectivity index (χ3v) is 6.83. The van der Waals surface area contributed by atoms with E-state index in [9.17, 15) is 13.2 Å². The summed E-state index contributed by atoms with van der Waals surface area (Å²) >= 11 is 11.9. The highest BCUT2D eigenvalue weighted by Gasteiger charge is 2.33. The van der Waals surface area contributed by atoms with Crippen molar-refractivity contribution in [2.24, 2.45) is 5.92 Å². The summed E-state index contributed by atoms with van der Waals surface area (Å²) in [7, 11) is -3.76. The smallest absolute Gasteiger partial charge is 0.244 e. The van der Waals surface area contributed by atoms with Gasteiger partial charge in [-0.3, -0.25) is 4.79 Å². The van der Waals surface area contributed by atoms with Gasteiger partial charge < -0.3 is 9.84 Å². The summed E-state index contributed by atoms with van der Waals surface area (Å²) in [6, 6.07) is 5.95. The van der Waals surface area contributed by atoms with Gasteiger partial charge in [-0.15, -0.1) is 0 Å². The number of halogens is 2. The second kappa shape index (κ2) is 7.56. The van der Waals surface area contributed by atoms with Crippen LogP contribution >= 0.6 is 23.2 Å². The van der Waals surface area contributed by atoms with Crippen molar-refractivity contribution in [3.63, 3.8) is 0 Å². The van der Waals surface area contributed by atoms with Crippen molar-refractivity contribution in [1.82, 2.24) is 9.46 Å². The van der Waals surface area contributed by atoms with Gasteiger partial charge in [0.15, 0.2) is 5.82 Å². The van der Waals surface area contributed by atoms with Gasteiger partial charge in [0.05, 0.1) is 5.02 Å². The molecule has 2 aromatic rings. The van der Waals surface area contributed by atoms with Gasteiger partial charge in [0, 0.05) is 30.1 Å². The highest BCUT2D eigenvalue weighted by Crippen LogP contribution is 2.30. The zero-order chi connectivity index (χ0) is 18.9. The molecule has 3 rings (SSSR count). The molecule has 7 nitrogen and oxygen atoms in total. The van der Waals surface area contributed by atoms with Crippen molar-refractivity contribution in [2.45, 2.75) is 24.7 Å². The Balaban J connectivity index is 1.66. The van der Waals surface area contributed by atoms with Crippen molar-refractivity contribution in [2.75, 3.05) is 18.4 Å². The summed E-state index contributed by atoms with van der Waals surface area (Å²) in [6.45, 7) is 2.18. The number of hydrogen-bond acceptors (Lipinski definition) is 5. The minimum Gasteiger partial charge on any atom is -0.360 e. The predicted molar refractivity (Wildman–Crippen MR) is 97.8 cm³/mol. The van der Waals surface area contributed by atoms with Gasteiger partial charge in [-0.05, 0) is 38.0 Å². The Morgan fingerprint density at radius 2 is 1.96 bits per heavy atom. The van der Waals surface area contributed by atoms with E-state index in [1.807, 2.05) is 0 Å². The number of amides is 1. The van der Waals surface area contributed by atoms with Crippen LogP contribution in [0.15, 0.2) is 33.7 Å². The first-order valence-corrected chi connectivity index (χ1v) is 10.2. The number of carbonyl (C=O) groups excluding carboxylic acids is 1. The summed E-state index contributed by atoms with van der Waals surface area (Å²) in [5, 5.41) is 6.82. The Hall–Kier alpha value is -1.61. The monoisotopic (exact) mass is 417 g/mol. The zero-order valence-corrected chi connectivity index (χ0v) is 16.2. The third kappa shape index (κ3) is 4.03. The highest BCUT2D eigenvalue weighted by atomic mass is 35.5. The van der Waals surface area contributed by atoms with E-state index in [0.717, 1.165) is 0 Å². The molecule has 1 amide bonds. The Kier molecular flexibility index (Phi) is 5.57. The molecule has 1 fully saturated rings. The second-order valence-corrected chi connectivity index (χ2v) is 8.82. The standard InChI is InChI=1S/C16H17Cl2N3O4S/c1-10-8-15(20-25-10)19-16(22)11-4-6-21(7-5-11)26(23,24)14-9-12(17)2-3-13(14)18/h2-3,8-9,11H,4-7H2,1H3,(H,19,20,22). The Labute approximate surface area is 161 Å². The van der Waals surface area contributed by atoms with Crippen LogP contribution < -0.4 is 5.32 Å². The molecule has 0 aliphatic carbocycles. The molecule has 1 aromatic carbocycles. The number of rotatable bonds is 4. The lowest BCUT2D eigenvalue weighted by molar-refractivity contribution is -0.120. The predicted octanol–water partition coefficient (Wildman–Crippen LogP) is 3.33. The fourth-order valence-corrected chi connectivity index (χ4v) is 5.03. The van der Waals surface area contributed by atoms with Gasteiger partial charge in [0.1, 0.15) is 10.7 Å². The van der Waals surface area contributed by atoms with Crippen LogP contribution in [0, 0.1) is 12.8 Å². The van der Waals surface area contributed by atoms with E-state index >= 15 is 0 Å². The number of hydrogen-bond donors (Lipinski definition) is 1. The normalized spacial score (nSPS) is 16.6. The Morgan fingerprint density at radius 1 is 1.27 bits per heavy atom. The summed E-state index contributed by atoms with van der Waals surface area (Å²) < 4.78 is 31.8. The van der Waals surface area contributed by atoms with Gasteiger partial charge >= 0.3 is 0 Å². The summed E-state index contributed by atoms with van der Waals surface area (Å²) in [6.07, 6.45) is 0.806. The lowest BCUT2D eigenvalue weighted by Crippen LogP contribution is -2.41. The first kappa shape index (κ1) is 19.2. The highest BCUT2D eigenvalue weighted by molar-refractivity contribution is 7.89. The van der Waals surface area contributed by atoms with Gasteiger partial charge in [-0.1, -0.05) is 28.4 Å². The molecule has 10 heteroatoms. The number of sulfonamides is 1. The summed E-state index contributed by atoms with van der Waals surface area (Å²) in [5.74, 6) is 0.456. The Bertz CT molecular complexity index is 921. The number of anilines is 1. The molecule has 0 atom stereocenters. The van der Waals surface area contributed by atoms with E-state index in [2.05, 4.69) is 10.5 Å². The third-order valence-electron chi connectivity index (χ3n) is 4.22. The molecule has 0 spiro atoms. The maximum absolute atomic E-state index is 12.8. The van der Waals surface area contributed by atoms with Crippen LogP contribution in [-0.4, -0.2) is 36.9 Å². The van der Waals surface area contributed by atoms with Crippen molar-refractivity contribution in [3.8, 4) is 0 Å². The fraction of sp³-hybridized carbons (Fsp3) is 0.375. The second-order valence-electron chi connectivity index (χ2n) is 6.07. The molecular weight excluding hydrogens is 401 g/mol. The average molecular weight is 418 g/mol. The van der Waals surface area contributed by atoms with Crippen LogP contribution in [0.3, 0.4) is 0 Å². The van der Waals surface area contributed by atoms with Gasteiger partial charge in [-0.25, -0.2) is 8.42 Å². The maximum atomic E-state index is 12.8. The number of nitrogens with one attached hydrogen (secondary N) is 1. The SMILES string of the molecule is Cc1cc(NC(=O)C2CCN(S(=O)(=O)c3cc(Cl)ccc3Cl)CC2)no1. The van der Waals surface area contributed by atoms with E-state index in [1.165, 1.54) is 22.5 Å². The van der Waals surface area contributed by atoms with Crippen LogP contribution in [0.4, 0.5) is 5.82 Å². The van der Waals surface area contributed by atoms with E-state index < -0.39 is 10.0 Å². The summed E-state index contributed by atoms with van der Waals surface area (Å²) in [4.78, 5) is 12.3. The first-order valence-electron chi connectivity index (χ1n) is 7.97.